The molecule has 1 aromatic heterocycles. The van der Waals surface area contributed by atoms with E-state index in [1.54, 1.807) is 14.0 Å². The third-order valence-corrected chi connectivity index (χ3v) is 3.14. The van der Waals surface area contributed by atoms with E-state index < -0.39 is 5.97 Å². The van der Waals surface area contributed by atoms with Gasteiger partial charge in [-0.3, -0.25) is 0 Å². The third-order valence-electron chi connectivity index (χ3n) is 3.14. The van der Waals surface area contributed by atoms with Crippen molar-refractivity contribution in [3.63, 3.8) is 0 Å². The van der Waals surface area contributed by atoms with Crippen LogP contribution in [0.3, 0.4) is 0 Å². The molecule has 0 saturated carbocycles. The summed E-state index contributed by atoms with van der Waals surface area (Å²) in [6.07, 6.45) is 1.35. The van der Waals surface area contributed by atoms with E-state index in [9.17, 15) is 9.90 Å². The average Bonchev–Trinajstić information content (AvgIpc) is 2.40. The molecule has 5 nitrogen and oxygen atoms in total. The first-order chi connectivity index (χ1) is 9.43. The number of aromatic carboxylic acids is 1. The van der Waals surface area contributed by atoms with Crippen LogP contribution in [0.5, 0.6) is 5.75 Å². The van der Waals surface area contributed by atoms with Crippen molar-refractivity contribution < 1.29 is 14.6 Å². The number of aromatic nitrogens is 2. The summed E-state index contributed by atoms with van der Waals surface area (Å²) in [6.45, 7) is 5.55. The lowest BCUT2D eigenvalue weighted by Crippen LogP contribution is -2.05. The van der Waals surface area contributed by atoms with Gasteiger partial charge in [-0.2, -0.15) is 0 Å². The van der Waals surface area contributed by atoms with E-state index in [1.165, 1.54) is 6.20 Å². The van der Waals surface area contributed by atoms with Gasteiger partial charge in [0, 0.05) is 11.8 Å². The lowest BCUT2D eigenvalue weighted by molar-refractivity contribution is 0.0697. The highest BCUT2D eigenvalue weighted by molar-refractivity contribution is 5.95. The second-order valence-corrected chi connectivity index (χ2v) is 4.62. The summed E-state index contributed by atoms with van der Waals surface area (Å²) in [5.41, 5.74) is 3.16. The number of aryl methyl sites for hydroxylation is 3. The van der Waals surface area contributed by atoms with Gasteiger partial charge in [-0.25, -0.2) is 14.8 Å². The van der Waals surface area contributed by atoms with E-state index in [-0.39, 0.29) is 5.56 Å². The van der Waals surface area contributed by atoms with E-state index in [2.05, 4.69) is 9.97 Å². The predicted molar refractivity (Wildman–Crippen MR) is 75.2 cm³/mol. The quantitative estimate of drug-likeness (QED) is 0.930. The first-order valence-electron chi connectivity index (χ1n) is 6.16. The van der Waals surface area contributed by atoms with Crippen LogP contribution in [0, 0.1) is 20.8 Å². The molecule has 0 aliphatic carbocycles. The van der Waals surface area contributed by atoms with Gasteiger partial charge in [0.05, 0.1) is 12.8 Å². The number of methoxy groups -OCH3 is 1. The third kappa shape index (κ3) is 2.47. The Morgan fingerprint density at radius 1 is 1.20 bits per heavy atom. The topological polar surface area (TPSA) is 72.3 Å². The van der Waals surface area contributed by atoms with Gasteiger partial charge in [0.15, 0.2) is 0 Å². The Kier molecular flexibility index (Phi) is 3.70. The Hall–Kier alpha value is -2.43. The largest absolute Gasteiger partial charge is 0.496 e. The lowest BCUT2D eigenvalue weighted by atomic mass is 9.99. The van der Waals surface area contributed by atoms with E-state index in [4.69, 9.17) is 4.74 Å². The van der Waals surface area contributed by atoms with Crippen molar-refractivity contribution >= 4 is 5.97 Å². The summed E-state index contributed by atoms with van der Waals surface area (Å²) in [6, 6.07) is 3.77. The SMILES string of the molecule is COc1cc(C)c(-c2nc(C)ncc2C(=O)O)cc1C. The molecule has 0 aliphatic rings. The zero-order valence-electron chi connectivity index (χ0n) is 11.9. The minimum Gasteiger partial charge on any atom is -0.496 e. The fourth-order valence-electron chi connectivity index (χ4n) is 2.10. The highest BCUT2D eigenvalue weighted by atomic mass is 16.5. The average molecular weight is 272 g/mol. The number of carbonyl (C=O) groups is 1. The number of carboxylic acid groups (broad SMARTS) is 1. The molecule has 104 valence electrons. The molecule has 20 heavy (non-hydrogen) atoms. The molecule has 5 heteroatoms. The fraction of sp³-hybridized carbons (Fsp3) is 0.267. The van der Waals surface area contributed by atoms with Crippen LogP contribution in [0.4, 0.5) is 0 Å². The van der Waals surface area contributed by atoms with Crippen molar-refractivity contribution in [3.05, 3.63) is 40.8 Å². The van der Waals surface area contributed by atoms with Gasteiger partial charge in [-0.1, -0.05) is 0 Å². The second-order valence-electron chi connectivity index (χ2n) is 4.62. The van der Waals surface area contributed by atoms with Crippen LogP contribution >= 0.6 is 0 Å². The summed E-state index contributed by atoms with van der Waals surface area (Å²) >= 11 is 0. The Morgan fingerprint density at radius 3 is 2.50 bits per heavy atom. The van der Waals surface area contributed by atoms with Gasteiger partial charge in [-0.05, 0) is 44.0 Å². The molecule has 0 amide bonds. The van der Waals surface area contributed by atoms with Gasteiger partial charge in [0.25, 0.3) is 0 Å². The molecule has 1 aromatic carbocycles. The van der Waals surface area contributed by atoms with Crippen LogP contribution in [0.15, 0.2) is 18.3 Å². The van der Waals surface area contributed by atoms with Crippen molar-refractivity contribution in [2.24, 2.45) is 0 Å². The normalized spacial score (nSPS) is 10.4. The lowest BCUT2D eigenvalue weighted by Gasteiger charge is -2.12. The number of ether oxygens (including phenoxy) is 1. The van der Waals surface area contributed by atoms with Crippen LogP contribution in [0.2, 0.25) is 0 Å². The maximum atomic E-state index is 11.3. The molecular formula is C15H16N2O3. The fourth-order valence-corrected chi connectivity index (χ4v) is 2.10. The number of hydrogen-bond acceptors (Lipinski definition) is 4. The van der Waals surface area contributed by atoms with Crippen LogP contribution in [0.1, 0.15) is 27.3 Å². The first-order valence-corrected chi connectivity index (χ1v) is 6.16. The molecule has 0 spiro atoms. The van der Waals surface area contributed by atoms with Crippen LogP contribution < -0.4 is 4.74 Å². The van der Waals surface area contributed by atoms with Crippen LogP contribution in [-0.4, -0.2) is 28.2 Å². The summed E-state index contributed by atoms with van der Waals surface area (Å²) < 4.78 is 5.27. The minimum atomic E-state index is -1.03. The van der Waals surface area contributed by atoms with E-state index in [0.29, 0.717) is 11.5 Å². The molecule has 0 saturated heterocycles. The van der Waals surface area contributed by atoms with Crippen LogP contribution in [-0.2, 0) is 0 Å². The van der Waals surface area contributed by atoms with E-state index in [0.717, 1.165) is 22.4 Å². The summed E-state index contributed by atoms with van der Waals surface area (Å²) in [7, 11) is 1.61. The van der Waals surface area contributed by atoms with Crippen molar-refractivity contribution in [3.8, 4) is 17.0 Å². The van der Waals surface area contributed by atoms with Gasteiger partial charge < -0.3 is 9.84 Å². The summed E-state index contributed by atoms with van der Waals surface area (Å²) in [5, 5.41) is 9.27. The molecule has 2 aromatic rings. The predicted octanol–water partition coefficient (Wildman–Crippen LogP) is 2.78. The summed E-state index contributed by atoms with van der Waals surface area (Å²) in [5.74, 6) is 0.277. The number of carboxylic acids is 1. The minimum absolute atomic E-state index is 0.100. The van der Waals surface area contributed by atoms with Crippen molar-refractivity contribution in [2.45, 2.75) is 20.8 Å². The van der Waals surface area contributed by atoms with Gasteiger partial charge >= 0.3 is 5.97 Å². The Bertz CT molecular complexity index is 681. The molecule has 0 unspecified atom stereocenters. The van der Waals surface area contributed by atoms with Crippen molar-refractivity contribution in [1.82, 2.24) is 9.97 Å². The standard InChI is InChI=1S/C15H16N2O3/c1-8-6-13(20-4)9(2)5-11(8)14-12(15(18)19)7-16-10(3)17-14/h5-7H,1-4H3,(H,18,19). The van der Waals surface area contributed by atoms with Gasteiger partial charge in [0.2, 0.25) is 0 Å². The molecule has 2 rings (SSSR count). The first kappa shape index (κ1) is 14.0. The smallest absolute Gasteiger partial charge is 0.339 e. The molecule has 0 radical (unpaired) electrons. The molecule has 0 atom stereocenters. The number of hydrogen-bond donors (Lipinski definition) is 1. The highest BCUT2D eigenvalue weighted by Crippen LogP contribution is 2.30. The molecule has 0 aliphatic heterocycles. The number of rotatable bonds is 3. The molecule has 1 heterocycles. The molecule has 0 bridgehead atoms. The Balaban J connectivity index is 2.71. The van der Waals surface area contributed by atoms with Crippen LogP contribution in [0.25, 0.3) is 11.3 Å². The van der Waals surface area contributed by atoms with Crippen molar-refractivity contribution in [2.75, 3.05) is 7.11 Å². The molecule has 0 fully saturated rings. The maximum Gasteiger partial charge on any atom is 0.339 e. The maximum absolute atomic E-state index is 11.3. The second kappa shape index (κ2) is 5.28. The Morgan fingerprint density at radius 2 is 1.90 bits per heavy atom. The van der Waals surface area contributed by atoms with Crippen molar-refractivity contribution in [1.29, 1.82) is 0 Å². The Labute approximate surface area is 117 Å². The number of nitrogens with zero attached hydrogens (tertiary/aromatic N) is 2. The molecule has 1 N–H and O–H groups in total. The monoisotopic (exact) mass is 272 g/mol. The van der Waals surface area contributed by atoms with Gasteiger partial charge in [0.1, 0.15) is 17.1 Å². The highest BCUT2D eigenvalue weighted by Gasteiger charge is 2.17. The zero-order chi connectivity index (χ0) is 14.9. The van der Waals surface area contributed by atoms with E-state index in [1.807, 2.05) is 26.0 Å². The summed E-state index contributed by atoms with van der Waals surface area (Å²) in [4.78, 5) is 19.6. The van der Waals surface area contributed by atoms with Gasteiger partial charge in [-0.15, -0.1) is 0 Å². The number of benzene rings is 1. The zero-order valence-corrected chi connectivity index (χ0v) is 11.9. The van der Waals surface area contributed by atoms with E-state index >= 15 is 0 Å². The molecular weight excluding hydrogens is 256 g/mol.